The molecule has 0 unspecified atom stereocenters. The van der Waals surface area contributed by atoms with Crippen LogP contribution in [0.15, 0.2) is 28.9 Å². The first kappa shape index (κ1) is 25.2. The predicted molar refractivity (Wildman–Crippen MR) is 131 cm³/mol. The number of unbranched alkanes of at least 4 members (excludes halogenated alkanes) is 1. The molecule has 2 aromatic rings. The van der Waals surface area contributed by atoms with Gasteiger partial charge in [-0.2, -0.15) is 0 Å². The van der Waals surface area contributed by atoms with Crippen LogP contribution >= 0.6 is 0 Å². The average Bonchev–Trinajstić information content (AvgIpc) is 3.30. The first-order valence-corrected chi connectivity index (χ1v) is 12.3. The SMILES string of the molecule is CCN(CC)CCCCNC(=O)C1CCN(Cc2coc(-c3cc(C)cc(OC)c3)n2)CC1. The molecule has 0 atom stereocenters. The Bertz CT molecular complexity index is 870. The molecule has 3 rings (SSSR count). The van der Waals surface area contributed by atoms with Crippen LogP contribution in [-0.4, -0.2) is 67.1 Å². The number of methoxy groups -OCH3 is 1. The molecule has 7 heteroatoms. The summed E-state index contributed by atoms with van der Waals surface area (Å²) in [6.45, 7) is 13.1. The van der Waals surface area contributed by atoms with E-state index in [1.165, 1.54) is 0 Å². The number of rotatable bonds is 12. The van der Waals surface area contributed by atoms with E-state index in [0.717, 1.165) is 94.1 Å². The second-order valence-corrected chi connectivity index (χ2v) is 8.96. The fourth-order valence-electron chi connectivity index (χ4n) is 4.44. The molecule has 182 valence electrons. The number of nitrogens with zero attached hydrogens (tertiary/aromatic N) is 3. The Morgan fingerprint density at radius 1 is 1.21 bits per heavy atom. The highest BCUT2D eigenvalue weighted by Crippen LogP contribution is 2.26. The maximum absolute atomic E-state index is 12.5. The second kappa shape index (κ2) is 12.8. The van der Waals surface area contributed by atoms with Gasteiger partial charge in [0.05, 0.1) is 12.8 Å². The molecule has 1 aromatic carbocycles. The summed E-state index contributed by atoms with van der Waals surface area (Å²) >= 11 is 0. The highest BCUT2D eigenvalue weighted by Gasteiger charge is 2.25. The number of oxazole rings is 1. The molecule has 1 fully saturated rings. The summed E-state index contributed by atoms with van der Waals surface area (Å²) in [4.78, 5) is 22.0. The minimum Gasteiger partial charge on any atom is -0.497 e. The van der Waals surface area contributed by atoms with Gasteiger partial charge in [-0.1, -0.05) is 13.8 Å². The molecular weight excluding hydrogens is 416 g/mol. The van der Waals surface area contributed by atoms with Crippen LogP contribution in [0, 0.1) is 12.8 Å². The van der Waals surface area contributed by atoms with Crippen molar-refractivity contribution in [1.29, 1.82) is 0 Å². The first-order valence-electron chi connectivity index (χ1n) is 12.3. The summed E-state index contributed by atoms with van der Waals surface area (Å²) < 4.78 is 11.1. The Morgan fingerprint density at radius 2 is 1.97 bits per heavy atom. The van der Waals surface area contributed by atoms with Gasteiger partial charge in [0.15, 0.2) is 0 Å². The summed E-state index contributed by atoms with van der Waals surface area (Å²) in [6, 6.07) is 5.97. The summed E-state index contributed by atoms with van der Waals surface area (Å²) in [5.74, 6) is 1.75. The molecule has 0 bridgehead atoms. The van der Waals surface area contributed by atoms with Gasteiger partial charge < -0.3 is 19.4 Å². The number of aromatic nitrogens is 1. The number of likely N-dealkylation sites (tertiary alicyclic amines) is 1. The van der Waals surface area contributed by atoms with Gasteiger partial charge in [0, 0.05) is 24.6 Å². The van der Waals surface area contributed by atoms with E-state index in [1.807, 2.05) is 25.1 Å². The van der Waals surface area contributed by atoms with E-state index in [1.54, 1.807) is 13.4 Å². The second-order valence-electron chi connectivity index (χ2n) is 8.96. The zero-order chi connectivity index (χ0) is 23.6. The minimum absolute atomic E-state index is 0.122. The number of ether oxygens (including phenoxy) is 1. The normalized spacial score (nSPS) is 15.2. The summed E-state index contributed by atoms with van der Waals surface area (Å²) in [5, 5.41) is 3.15. The van der Waals surface area contributed by atoms with E-state index in [9.17, 15) is 4.79 Å². The number of carbonyl (C=O) groups is 1. The van der Waals surface area contributed by atoms with E-state index in [2.05, 4.69) is 33.9 Å². The van der Waals surface area contributed by atoms with Gasteiger partial charge in [-0.15, -0.1) is 0 Å². The van der Waals surface area contributed by atoms with Crippen LogP contribution in [0.4, 0.5) is 0 Å². The molecule has 0 radical (unpaired) electrons. The molecule has 1 saturated heterocycles. The van der Waals surface area contributed by atoms with Gasteiger partial charge in [-0.05, 0) is 89.1 Å². The number of carbonyl (C=O) groups excluding carboxylic acids is 1. The number of hydrogen-bond acceptors (Lipinski definition) is 6. The van der Waals surface area contributed by atoms with Crippen molar-refractivity contribution in [2.24, 2.45) is 5.92 Å². The molecule has 7 nitrogen and oxygen atoms in total. The van der Waals surface area contributed by atoms with Gasteiger partial charge in [0.2, 0.25) is 11.8 Å². The number of amides is 1. The quantitative estimate of drug-likeness (QED) is 0.485. The van der Waals surface area contributed by atoms with Crippen molar-refractivity contribution >= 4 is 5.91 Å². The smallest absolute Gasteiger partial charge is 0.226 e. The van der Waals surface area contributed by atoms with Gasteiger partial charge in [0.1, 0.15) is 12.0 Å². The fraction of sp³-hybridized carbons (Fsp3) is 0.615. The van der Waals surface area contributed by atoms with Crippen molar-refractivity contribution in [3.05, 3.63) is 35.7 Å². The maximum atomic E-state index is 12.5. The lowest BCUT2D eigenvalue weighted by molar-refractivity contribution is -0.126. The van der Waals surface area contributed by atoms with Crippen LogP contribution in [0.3, 0.4) is 0 Å². The van der Waals surface area contributed by atoms with Crippen molar-refractivity contribution < 1.29 is 13.9 Å². The first-order chi connectivity index (χ1) is 16.0. The molecule has 0 spiro atoms. The molecule has 1 N–H and O–H groups in total. The summed E-state index contributed by atoms with van der Waals surface area (Å²) in [5.41, 5.74) is 2.94. The Hall–Kier alpha value is -2.38. The molecule has 1 aliphatic rings. The molecular formula is C26H40N4O3. The van der Waals surface area contributed by atoms with Crippen LogP contribution < -0.4 is 10.1 Å². The molecule has 33 heavy (non-hydrogen) atoms. The lowest BCUT2D eigenvalue weighted by Gasteiger charge is -2.30. The molecule has 2 heterocycles. The van der Waals surface area contributed by atoms with Gasteiger partial charge in [-0.3, -0.25) is 9.69 Å². The third kappa shape index (κ3) is 7.57. The van der Waals surface area contributed by atoms with E-state index in [-0.39, 0.29) is 11.8 Å². The number of hydrogen-bond donors (Lipinski definition) is 1. The number of piperidine rings is 1. The zero-order valence-corrected chi connectivity index (χ0v) is 20.7. The average molecular weight is 457 g/mol. The van der Waals surface area contributed by atoms with E-state index in [0.29, 0.717) is 5.89 Å². The Morgan fingerprint density at radius 3 is 2.67 bits per heavy atom. The molecule has 0 aliphatic carbocycles. The maximum Gasteiger partial charge on any atom is 0.226 e. The Balaban J connectivity index is 1.39. The van der Waals surface area contributed by atoms with Crippen molar-refractivity contribution in [1.82, 2.24) is 20.1 Å². The van der Waals surface area contributed by atoms with Crippen molar-refractivity contribution in [3.63, 3.8) is 0 Å². The predicted octanol–water partition coefficient (Wildman–Crippen LogP) is 4.11. The van der Waals surface area contributed by atoms with E-state index >= 15 is 0 Å². The Kier molecular flexibility index (Phi) is 9.76. The monoisotopic (exact) mass is 456 g/mol. The summed E-state index contributed by atoms with van der Waals surface area (Å²) in [7, 11) is 1.66. The lowest BCUT2D eigenvalue weighted by Crippen LogP contribution is -2.40. The molecule has 0 saturated carbocycles. The van der Waals surface area contributed by atoms with Crippen molar-refractivity contribution in [2.45, 2.75) is 53.0 Å². The largest absolute Gasteiger partial charge is 0.497 e. The van der Waals surface area contributed by atoms with Crippen LogP contribution in [0.25, 0.3) is 11.5 Å². The van der Waals surface area contributed by atoms with Crippen molar-refractivity contribution in [3.8, 4) is 17.2 Å². The number of nitrogens with one attached hydrogen (secondary N) is 1. The topological polar surface area (TPSA) is 70.8 Å². The minimum atomic E-state index is 0.122. The molecule has 1 aromatic heterocycles. The Labute approximate surface area is 198 Å². The van der Waals surface area contributed by atoms with Crippen LogP contribution in [0.1, 0.15) is 50.8 Å². The summed E-state index contributed by atoms with van der Waals surface area (Å²) in [6.07, 6.45) is 5.70. The van der Waals surface area contributed by atoms with Crippen LogP contribution in [0.2, 0.25) is 0 Å². The van der Waals surface area contributed by atoms with E-state index in [4.69, 9.17) is 9.15 Å². The van der Waals surface area contributed by atoms with Gasteiger partial charge in [0.25, 0.3) is 0 Å². The third-order valence-electron chi connectivity index (χ3n) is 6.52. The van der Waals surface area contributed by atoms with Crippen LogP contribution in [0.5, 0.6) is 5.75 Å². The number of aryl methyl sites for hydroxylation is 1. The fourth-order valence-corrected chi connectivity index (χ4v) is 4.44. The standard InChI is InChI=1S/C26H40N4O3/c1-5-29(6-2)12-8-7-11-27-25(31)21-9-13-30(14-10-21)18-23-19-33-26(28-23)22-15-20(3)16-24(17-22)32-4/h15-17,19,21H,5-14,18H2,1-4H3,(H,27,31). The lowest BCUT2D eigenvalue weighted by atomic mass is 9.96. The van der Waals surface area contributed by atoms with Gasteiger partial charge >= 0.3 is 0 Å². The van der Waals surface area contributed by atoms with Crippen LogP contribution in [-0.2, 0) is 11.3 Å². The highest BCUT2D eigenvalue weighted by atomic mass is 16.5. The van der Waals surface area contributed by atoms with Crippen molar-refractivity contribution in [2.75, 3.05) is 46.4 Å². The zero-order valence-electron chi connectivity index (χ0n) is 20.7. The highest BCUT2D eigenvalue weighted by molar-refractivity contribution is 5.78. The third-order valence-corrected chi connectivity index (χ3v) is 6.52. The van der Waals surface area contributed by atoms with Gasteiger partial charge in [-0.25, -0.2) is 4.98 Å². The molecule has 1 amide bonds. The van der Waals surface area contributed by atoms with E-state index < -0.39 is 0 Å². The molecule has 1 aliphatic heterocycles. The number of benzene rings is 1.